The number of halogens is 6. The molecule has 0 N–H and O–H groups in total. The van der Waals surface area contributed by atoms with Crippen molar-refractivity contribution in [3.63, 3.8) is 0 Å². The van der Waals surface area contributed by atoms with Crippen molar-refractivity contribution < 1.29 is 52.7 Å². The van der Waals surface area contributed by atoms with Crippen LogP contribution in [0.4, 0.5) is 26.3 Å². The number of rotatable bonds is 7. The van der Waals surface area contributed by atoms with Crippen molar-refractivity contribution in [3.05, 3.63) is 0 Å². The Morgan fingerprint density at radius 3 is 1.54 bits per heavy atom. The Bertz CT molecular complexity index is 676. The highest BCUT2D eigenvalue weighted by molar-refractivity contribution is 8.09. The summed E-state index contributed by atoms with van der Waals surface area (Å²) in [5.41, 5.74) is -13.7. The van der Waals surface area contributed by atoms with Crippen LogP contribution < -0.4 is 0 Å². The van der Waals surface area contributed by atoms with Gasteiger partial charge in [0.15, 0.2) is 4.58 Å². The van der Waals surface area contributed by atoms with Gasteiger partial charge in [-0.15, -0.1) is 0 Å². The van der Waals surface area contributed by atoms with E-state index in [-0.39, 0.29) is 6.42 Å². The Morgan fingerprint density at radius 1 is 0.923 bits per heavy atom. The Hall–Kier alpha value is -1.05. The lowest BCUT2D eigenvalue weighted by atomic mass is 9.90. The van der Waals surface area contributed by atoms with E-state index in [1.54, 1.807) is 6.92 Å². The number of ether oxygens (including phenoxy) is 1. The van der Waals surface area contributed by atoms with Gasteiger partial charge in [0.2, 0.25) is 0 Å². The predicted octanol–water partition coefficient (Wildman–Crippen LogP) is 2.94. The van der Waals surface area contributed by atoms with Crippen LogP contribution in [0.3, 0.4) is 0 Å². The largest absolute Gasteiger partial charge is 0.498 e. The Balaban J connectivity index is 5.93. The first-order valence-electron chi connectivity index (χ1n) is 7.03. The third-order valence-electron chi connectivity index (χ3n) is 3.61. The molecule has 0 saturated carbocycles. The molecule has 0 amide bonds. The maximum absolute atomic E-state index is 12.6. The minimum absolute atomic E-state index is 0.198. The van der Waals surface area contributed by atoms with Gasteiger partial charge in [-0.1, -0.05) is 6.92 Å². The summed E-state index contributed by atoms with van der Waals surface area (Å²) in [6.07, 6.45) is -3.37. The zero-order valence-corrected chi connectivity index (χ0v) is 15.7. The summed E-state index contributed by atoms with van der Waals surface area (Å²) in [6.45, 7) is 5.10. The lowest BCUT2D eigenvalue weighted by molar-refractivity contribution is -0.159. The van der Waals surface area contributed by atoms with Crippen molar-refractivity contribution in [1.29, 1.82) is 0 Å². The van der Waals surface area contributed by atoms with Gasteiger partial charge in [0.05, 0.1) is 5.41 Å². The summed E-state index contributed by atoms with van der Waals surface area (Å²) < 4.78 is 122. The van der Waals surface area contributed by atoms with E-state index in [0.717, 1.165) is 6.92 Å². The minimum atomic E-state index is -6.75. The van der Waals surface area contributed by atoms with Crippen LogP contribution in [0, 0.1) is 5.41 Å². The number of hydrogen-bond acceptors (Lipinski definition) is 6. The second kappa shape index (κ2) is 7.52. The van der Waals surface area contributed by atoms with E-state index < -0.39 is 59.2 Å². The summed E-state index contributed by atoms with van der Waals surface area (Å²) >= 11 is 0. The van der Waals surface area contributed by atoms with Gasteiger partial charge in [-0.05, 0) is 27.2 Å². The fourth-order valence-corrected chi connectivity index (χ4v) is 5.16. The molecule has 26 heavy (non-hydrogen) atoms. The third kappa shape index (κ3) is 5.24. The Kier molecular flexibility index (Phi) is 7.22. The lowest BCUT2D eigenvalue weighted by Crippen LogP contribution is -2.46. The van der Waals surface area contributed by atoms with Gasteiger partial charge in [0, 0.05) is 6.42 Å². The van der Waals surface area contributed by atoms with Gasteiger partial charge in [-0.25, -0.2) is 16.8 Å². The normalized spacial score (nSPS) is 15.8. The van der Waals surface area contributed by atoms with E-state index in [0.29, 0.717) is 0 Å². The molecule has 0 rings (SSSR count). The van der Waals surface area contributed by atoms with E-state index in [1.165, 1.54) is 13.8 Å². The van der Waals surface area contributed by atoms with Crippen molar-refractivity contribution >= 4 is 25.6 Å². The van der Waals surface area contributed by atoms with Crippen molar-refractivity contribution in [1.82, 2.24) is 0 Å². The van der Waals surface area contributed by atoms with Crippen molar-refractivity contribution in [3.8, 4) is 0 Å². The van der Waals surface area contributed by atoms with Crippen LogP contribution in [0.1, 0.15) is 40.5 Å². The molecule has 0 bridgehead atoms. The highest BCUT2D eigenvalue weighted by Gasteiger charge is 2.63. The predicted molar refractivity (Wildman–Crippen MR) is 78.0 cm³/mol. The lowest BCUT2D eigenvalue weighted by Gasteiger charge is -2.26. The minimum Gasteiger partial charge on any atom is -0.462 e. The monoisotopic (exact) mass is 436 g/mol. The number of esters is 1. The molecular weight excluding hydrogens is 418 g/mol. The number of carbonyl (C=O) groups excluding carboxylic acids is 1. The fraction of sp³-hybridized carbons (Fsp3) is 0.917. The maximum atomic E-state index is 12.6. The van der Waals surface area contributed by atoms with Crippen LogP contribution in [0.5, 0.6) is 0 Å². The highest BCUT2D eigenvalue weighted by Crippen LogP contribution is 2.38. The molecular formula is C12H18F6O6S2. The number of alkyl halides is 6. The van der Waals surface area contributed by atoms with E-state index in [4.69, 9.17) is 0 Å². The summed E-state index contributed by atoms with van der Waals surface area (Å²) in [5, 5.41) is 0. The molecule has 0 aliphatic carbocycles. The smallest absolute Gasteiger partial charge is 0.462 e. The highest BCUT2D eigenvalue weighted by atomic mass is 32.3. The Morgan fingerprint density at radius 2 is 1.27 bits per heavy atom. The molecule has 0 aromatic rings. The third-order valence-corrected chi connectivity index (χ3v) is 8.19. The van der Waals surface area contributed by atoms with Gasteiger partial charge in [-0.3, -0.25) is 4.79 Å². The number of carbonyl (C=O) groups is 1. The van der Waals surface area contributed by atoms with E-state index >= 15 is 0 Å². The van der Waals surface area contributed by atoms with Gasteiger partial charge in [0.25, 0.3) is 19.7 Å². The van der Waals surface area contributed by atoms with Crippen LogP contribution in [0.25, 0.3) is 0 Å². The second-order valence-electron chi connectivity index (χ2n) is 6.10. The molecule has 14 heteroatoms. The number of hydrogen-bond donors (Lipinski definition) is 0. The SMILES string of the molecule is CCC(C)(C)C(=O)OC(C)CC(S(=O)(=O)C(F)(F)F)S(=O)(=O)C(F)(F)F. The molecule has 0 heterocycles. The first-order chi connectivity index (χ1) is 11.2. The van der Waals surface area contributed by atoms with Crippen LogP contribution in [0.2, 0.25) is 0 Å². The summed E-state index contributed by atoms with van der Waals surface area (Å²) in [5.74, 6) is -1.03. The second-order valence-corrected chi connectivity index (χ2v) is 10.6. The standard InChI is InChI=1S/C12H18F6O6S2/c1-5-10(3,4)9(19)24-7(2)6-8(25(20,21)11(13,14)15)26(22,23)12(16,17)18/h7-8H,5-6H2,1-4H3. The fourth-order valence-electron chi connectivity index (χ4n) is 1.52. The quantitative estimate of drug-likeness (QED) is 0.450. The van der Waals surface area contributed by atoms with Gasteiger partial charge in [0.1, 0.15) is 6.10 Å². The summed E-state index contributed by atoms with van der Waals surface area (Å²) in [6, 6.07) is 0. The van der Waals surface area contributed by atoms with E-state index in [2.05, 4.69) is 4.74 Å². The van der Waals surface area contributed by atoms with Crippen molar-refractivity contribution in [2.24, 2.45) is 5.41 Å². The molecule has 0 saturated heterocycles. The van der Waals surface area contributed by atoms with E-state index in [9.17, 15) is 48.0 Å². The van der Waals surface area contributed by atoms with Crippen LogP contribution in [-0.2, 0) is 29.2 Å². The zero-order valence-electron chi connectivity index (χ0n) is 14.1. The molecule has 1 atom stereocenters. The van der Waals surface area contributed by atoms with E-state index in [1.807, 2.05) is 0 Å². The van der Waals surface area contributed by atoms with Crippen LogP contribution in [0.15, 0.2) is 0 Å². The molecule has 6 nitrogen and oxygen atoms in total. The molecule has 0 aliphatic heterocycles. The molecule has 1 unspecified atom stereocenters. The van der Waals surface area contributed by atoms with Crippen LogP contribution >= 0.6 is 0 Å². The molecule has 0 aromatic heterocycles. The molecule has 0 radical (unpaired) electrons. The van der Waals surface area contributed by atoms with Crippen LogP contribution in [-0.4, -0.2) is 44.5 Å². The average Bonchev–Trinajstić information content (AvgIpc) is 2.41. The number of sulfone groups is 2. The first kappa shape index (κ1) is 24.9. The Labute approximate surface area is 146 Å². The topological polar surface area (TPSA) is 94.6 Å². The zero-order chi connectivity index (χ0) is 21.4. The average molecular weight is 436 g/mol. The van der Waals surface area contributed by atoms with Gasteiger partial charge >= 0.3 is 17.0 Å². The molecule has 0 aliphatic rings. The molecule has 156 valence electrons. The maximum Gasteiger partial charge on any atom is 0.498 e. The first-order valence-corrected chi connectivity index (χ1v) is 10.1. The molecule has 0 aromatic carbocycles. The summed E-state index contributed by atoms with van der Waals surface area (Å²) in [4.78, 5) is 11.8. The molecule has 0 spiro atoms. The van der Waals surface area contributed by atoms with Crippen molar-refractivity contribution in [2.75, 3.05) is 0 Å². The van der Waals surface area contributed by atoms with Crippen molar-refractivity contribution in [2.45, 2.75) is 62.2 Å². The van der Waals surface area contributed by atoms with Gasteiger partial charge < -0.3 is 4.74 Å². The molecule has 0 fully saturated rings. The van der Waals surface area contributed by atoms with Gasteiger partial charge in [-0.2, -0.15) is 26.3 Å². The summed E-state index contributed by atoms with van der Waals surface area (Å²) in [7, 11) is -13.5.